The third-order valence-corrected chi connectivity index (χ3v) is 3.81. The number of pyridine rings is 1. The fourth-order valence-corrected chi connectivity index (χ4v) is 2.36. The number of carbonyl (C=O) groups is 1. The number of hydrogen-bond acceptors (Lipinski definition) is 4. The molecule has 2 aromatic rings. The second-order valence-corrected chi connectivity index (χ2v) is 5.73. The molecule has 1 aromatic carbocycles. The van der Waals surface area contributed by atoms with Gasteiger partial charge in [0.25, 0.3) is 0 Å². The monoisotopic (exact) mass is 336 g/mol. The van der Waals surface area contributed by atoms with E-state index in [2.05, 4.69) is 10.3 Å². The number of hydrogen-bond donors (Lipinski definition) is 2. The third kappa shape index (κ3) is 3.53. The zero-order valence-electron chi connectivity index (χ0n) is 12.1. The van der Waals surface area contributed by atoms with E-state index in [0.717, 1.165) is 12.8 Å². The molecular formula is C16H14ClFN2O3. The molecule has 3 rings (SSSR count). The Morgan fingerprint density at radius 2 is 2.17 bits per heavy atom. The summed E-state index contributed by atoms with van der Waals surface area (Å²) in [5, 5.41) is 12.4. The number of aromatic nitrogens is 1. The van der Waals surface area contributed by atoms with E-state index in [-0.39, 0.29) is 5.69 Å². The molecule has 5 nitrogen and oxygen atoms in total. The second-order valence-electron chi connectivity index (χ2n) is 5.33. The Kier molecular flexibility index (Phi) is 4.34. The normalized spacial score (nSPS) is 13.7. The molecule has 120 valence electrons. The topological polar surface area (TPSA) is 71.5 Å². The minimum absolute atomic E-state index is 0.0866. The van der Waals surface area contributed by atoms with Crippen LogP contribution in [0.25, 0.3) is 0 Å². The molecule has 1 heterocycles. The number of carboxylic acid groups (broad SMARTS) is 1. The number of para-hydroxylation sites is 1. The maximum absolute atomic E-state index is 13.7. The molecule has 23 heavy (non-hydrogen) atoms. The first-order valence-corrected chi connectivity index (χ1v) is 7.50. The largest absolute Gasteiger partial charge is 0.490 e. The van der Waals surface area contributed by atoms with Crippen molar-refractivity contribution in [2.24, 2.45) is 5.92 Å². The Labute approximate surface area is 137 Å². The van der Waals surface area contributed by atoms with Crippen LogP contribution in [0, 0.1) is 11.9 Å². The van der Waals surface area contributed by atoms with Gasteiger partial charge in [0.1, 0.15) is 5.56 Å². The summed E-state index contributed by atoms with van der Waals surface area (Å²) in [6.07, 6.45) is 3.46. The molecule has 0 radical (unpaired) electrons. The molecule has 2 N–H and O–H groups in total. The highest BCUT2D eigenvalue weighted by Crippen LogP contribution is 2.38. The van der Waals surface area contributed by atoms with Crippen molar-refractivity contribution in [2.75, 3.05) is 11.9 Å². The molecule has 0 saturated heterocycles. The number of anilines is 2. The Morgan fingerprint density at radius 3 is 2.87 bits per heavy atom. The molecular weight excluding hydrogens is 323 g/mol. The molecule has 1 aliphatic rings. The van der Waals surface area contributed by atoms with E-state index in [0.29, 0.717) is 29.0 Å². The number of nitrogens with one attached hydrogen (secondary N) is 1. The minimum atomic E-state index is -1.40. The predicted molar refractivity (Wildman–Crippen MR) is 84.1 cm³/mol. The Balaban J connectivity index is 1.92. The summed E-state index contributed by atoms with van der Waals surface area (Å²) in [6, 6.07) is 6.46. The van der Waals surface area contributed by atoms with Gasteiger partial charge in [-0.1, -0.05) is 17.7 Å². The Hall–Kier alpha value is -2.34. The number of halogens is 2. The molecule has 0 unspecified atom stereocenters. The van der Waals surface area contributed by atoms with Crippen LogP contribution in [0.1, 0.15) is 23.2 Å². The summed E-state index contributed by atoms with van der Waals surface area (Å²) < 4.78 is 19.4. The lowest BCUT2D eigenvalue weighted by Gasteiger charge is -2.15. The number of nitrogens with zero attached hydrogens (tertiary/aromatic N) is 1. The first-order valence-electron chi connectivity index (χ1n) is 7.12. The van der Waals surface area contributed by atoms with E-state index < -0.39 is 17.5 Å². The third-order valence-electron chi connectivity index (χ3n) is 3.52. The highest BCUT2D eigenvalue weighted by Gasteiger charge is 2.23. The predicted octanol–water partition coefficient (Wildman–Crippen LogP) is 4.10. The lowest BCUT2D eigenvalue weighted by Crippen LogP contribution is -2.08. The molecule has 1 saturated carbocycles. The maximum atomic E-state index is 13.7. The first-order chi connectivity index (χ1) is 11.1. The van der Waals surface area contributed by atoms with Crippen molar-refractivity contribution in [1.29, 1.82) is 0 Å². The lowest BCUT2D eigenvalue weighted by atomic mass is 10.2. The molecule has 0 amide bonds. The smallest absolute Gasteiger partial charge is 0.342 e. The van der Waals surface area contributed by atoms with Gasteiger partial charge in [-0.05, 0) is 37.0 Å². The summed E-state index contributed by atoms with van der Waals surface area (Å²) in [4.78, 5) is 14.6. The fourth-order valence-electron chi connectivity index (χ4n) is 2.13. The van der Waals surface area contributed by atoms with E-state index in [1.165, 1.54) is 12.3 Å². The molecule has 0 bridgehead atoms. The standard InChI is InChI=1S/C16H14ClFN2O3/c17-10-2-1-3-12(14(10)23-8-9-4-5-9)20-11-6-7-19-15(18)13(11)16(21)22/h1-3,6-7,9H,4-5,8H2,(H,19,20)(H,21,22). The van der Waals surface area contributed by atoms with Gasteiger partial charge in [0.15, 0.2) is 5.75 Å². The summed E-state index contributed by atoms with van der Waals surface area (Å²) in [5.41, 5.74) is 0.0374. The molecule has 0 atom stereocenters. The van der Waals surface area contributed by atoms with Gasteiger partial charge >= 0.3 is 5.97 Å². The Bertz CT molecular complexity index is 750. The number of aromatic carboxylic acids is 1. The van der Waals surface area contributed by atoms with E-state index >= 15 is 0 Å². The van der Waals surface area contributed by atoms with Crippen LogP contribution in [-0.4, -0.2) is 22.7 Å². The number of rotatable bonds is 6. The van der Waals surface area contributed by atoms with Gasteiger partial charge in [-0.25, -0.2) is 9.78 Å². The summed E-state index contributed by atoms with van der Waals surface area (Å²) in [7, 11) is 0. The quantitative estimate of drug-likeness (QED) is 0.777. The van der Waals surface area contributed by atoms with Gasteiger partial charge < -0.3 is 15.2 Å². The first kappa shape index (κ1) is 15.6. The summed E-state index contributed by atoms with van der Waals surface area (Å²) in [6.45, 7) is 0.551. The van der Waals surface area contributed by atoms with Crippen LogP contribution in [-0.2, 0) is 0 Å². The molecule has 0 aliphatic heterocycles. The number of ether oxygens (including phenoxy) is 1. The molecule has 7 heteroatoms. The molecule has 1 fully saturated rings. The van der Waals surface area contributed by atoms with Gasteiger partial charge in [-0.3, -0.25) is 0 Å². The zero-order chi connectivity index (χ0) is 16.4. The van der Waals surface area contributed by atoms with Gasteiger partial charge in [-0.15, -0.1) is 0 Å². The summed E-state index contributed by atoms with van der Waals surface area (Å²) in [5.74, 6) is -1.49. The van der Waals surface area contributed by atoms with Crippen LogP contribution >= 0.6 is 11.6 Å². The van der Waals surface area contributed by atoms with Gasteiger partial charge in [-0.2, -0.15) is 4.39 Å². The van der Waals surface area contributed by atoms with Gasteiger partial charge in [0.2, 0.25) is 5.95 Å². The second kappa shape index (κ2) is 6.42. The SMILES string of the molecule is O=C(O)c1c(Nc2cccc(Cl)c2OCC2CC2)ccnc1F. The highest BCUT2D eigenvalue weighted by molar-refractivity contribution is 6.32. The minimum Gasteiger partial charge on any atom is -0.490 e. The average molecular weight is 337 g/mol. The maximum Gasteiger partial charge on any atom is 0.342 e. The van der Waals surface area contributed by atoms with Crippen LogP contribution < -0.4 is 10.1 Å². The zero-order valence-corrected chi connectivity index (χ0v) is 12.8. The lowest BCUT2D eigenvalue weighted by molar-refractivity contribution is 0.0692. The van der Waals surface area contributed by atoms with E-state index in [4.69, 9.17) is 21.4 Å². The van der Waals surface area contributed by atoms with Gasteiger partial charge in [0.05, 0.1) is 23.0 Å². The van der Waals surface area contributed by atoms with Crippen molar-refractivity contribution < 1.29 is 19.0 Å². The van der Waals surface area contributed by atoms with Crippen LogP contribution in [0.15, 0.2) is 30.5 Å². The molecule has 1 aliphatic carbocycles. The van der Waals surface area contributed by atoms with E-state index in [1.54, 1.807) is 18.2 Å². The number of benzene rings is 1. The van der Waals surface area contributed by atoms with E-state index in [1.807, 2.05) is 0 Å². The van der Waals surface area contributed by atoms with Crippen LogP contribution in [0.5, 0.6) is 5.75 Å². The van der Waals surface area contributed by atoms with E-state index in [9.17, 15) is 9.18 Å². The van der Waals surface area contributed by atoms with Crippen molar-refractivity contribution in [3.05, 3.63) is 47.0 Å². The molecule has 1 aromatic heterocycles. The molecule has 0 spiro atoms. The van der Waals surface area contributed by atoms with Crippen LogP contribution in [0.2, 0.25) is 5.02 Å². The van der Waals surface area contributed by atoms with Gasteiger partial charge in [0, 0.05) is 6.20 Å². The van der Waals surface area contributed by atoms with Crippen molar-refractivity contribution in [1.82, 2.24) is 4.98 Å². The van der Waals surface area contributed by atoms with Crippen molar-refractivity contribution in [3.8, 4) is 5.75 Å². The number of carboxylic acids is 1. The van der Waals surface area contributed by atoms with Crippen LogP contribution in [0.3, 0.4) is 0 Å². The van der Waals surface area contributed by atoms with Crippen molar-refractivity contribution in [3.63, 3.8) is 0 Å². The Morgan fingerprint density at radius 1 is 1.39 bits per heavy atom. The van der Waals surface area contributed by atoms with Crippen molar-refractivity contribution in [2.45, 2.75) is 12.8 Å². The fraction of sp³-hybridized carbons (Fsp3) is 0.250. The highest BCUT2D eigenvalue weighted by atomic mass is 35.5. The van der Waals surface area contributed by atoms with Crippen LogP contribution in [0.4, 0.5) is 15.8 Å². The summed E-state index contributed by atoms with van der Waals surface area (Å²) >= 11 is 6.17. The van der Waals surface area contributed by atoms with Crippen molar-refractivity contribution >= 4 is 28.9 Å². The average Bonchev–Trinajstić information content (AvgIpc) is 3.30.